The van der Waals surface area contributed by atoms with Crippen LogP contribution in [0, 0.1) is 0 Å². The molecular weight excluding hydrogens is 314 g/mol. The molecule has 1 aliphatic rings. The van der Waals surface area contributed by atoms with Gasteiger partial charge in [0.15, 0.2) is 0 Å². The largest absolute Gasteiger partial charge is 0.508 e. The van der Waals surface area contributed by atoms with E-state index in [0.717, 1.165) is 29.3 Å². The number of anilines is 1. The van der Waals surface area contributed by atoms with Crippen LogP contribution in [0.5, 0.6) is 5.75 Å². The average molecular weight is 332 g/mol. The molecule has 0 saturated carbocycles. The summed E-state index contributed by atoms with van der Waals surface area (Å²) in [5.41, 5.74) is 4.83. The van der Waals surface area contributed by atoms with Crippen LogP contribution in [-0.2, 0) is 12.8 Å². The zero-order chi connectivity index (χ0) is 14.1. The van der Waals surface area contributed by atoms with Crippen molar-refractivity contribution >= 4 is 21.6 Å². The molecular formula is C17H18BrNO. The Kier molecular flexibility index (Phi) is 3.70. The summed E-state index contributed by atoms with van der Waals surface area (Å²) in [6, 6.07) is 12.5. The second-order valence-corrected chi connectivity index (χ2v) is 6.15. The fourth-order valence-corrected chi connectivity index (χ4v) is 3.38. The second-order valence-electron chi connectivity index (χ2n) is 5.24. The predicted octanol–water partition coefficient (Wildman–Crippen LogP) is 4.82. The van der Waals surface area contributed by atoms with Crippen LogP contribution in [0.15, 0.2) is 40.9 Å². The molecule has 1 unspecified atom stereocenters. The van der Waals surface area contributed by atoms with Crippen molar-refractivity contribution < 1.29 is 5.11 Å². The van der Waals surface area contributed by atoms with Crippen molar-refractivity contribution in [2.45, 2.75) is 32.2 Å². The van der Waals surface area contributed by atoms with Gasteiger partial charge in [0.1, 0.15) is 5.75 Å². The minimum Gasteiger partial charge on any atom is -0.508 e. The number of benzene rings is 2. The Morgan fingerprint density at radius 1 is 1.30 bits per heavy atom. The normalized spacial score (nSPS) is 17.0. The number of hydrogen-bond acceptors (Lipinski definition) is 2. The van der Waals surface area contributed by atoms with Crippen molar-refractivity contribution in [1.82, 2.24) is 0 Å². The monoisotopic (exact) mass is 331 g/mol. The van der Waals surface area contributed by atoms with Gasteiger partial charge in [-0.05, 0) is 60.2 Å². The highest BCUT2D eigenvalue weighted by Crippen LogP contribution is 2.38. The smallest absolute Gasteiger partial charge is 0.119 e. The summed E-state index contributed by atoms with van der Waals surface area (Å²) in [6.07, 6.45) is 2.98. The molecule has 0 aliphatic heterocycles. The standard InChI is InChI=1S/C17H18BrNO/c1-2-11-10-12(18)6-8-15(11)19-16-9-7-14-13(16)4-3-5-17(14)20/h3-6,8,10,16,19-20H,2,7,9H2,1H3. The van der Waals surface area contributed by atoms with E-state index in [2.05, 4.69) is 52.4 Å². The molecule has 20 heavy (non-hydrogen) atoms. The summed E-state index contributed by atoms with van der Waals surface area (Å²) in [4.78, 5) is 0. The lowest BCUT2D eigenvalue weighted by molar-refractivity contribution is 0.469. The molecule has 0 saturated heterocycles. The molecule has 3 rings (SSSR count). The zero-order valence-electron chi connectivity index (χ0n) is 11.5. The summed E-state index contributed by atoms with van der Waals surface area (Å²) < 4.78 is 1.12. The first kappa shape index (κ1) is 13.5. The lowest BCUT2D eigenvalue weighted by Gasteiger charge is -2.18. The Labute approximate surface area is 128 Å². The second kappa shape index (κ2) is 5.49. The molecule has 2 aromatic carbocycles. The molecule has 2 nitrogen and oxygen atoms in total. The summed E-state index contributed by atoms with van der Waals surface area (Å²) in [7, 11) is 0. The van der Waals surface area contributed by atoms with Gasteiger partial charge in [0, 0.05) is 10.2 Å². The highest BCUT2D eigenvalue weighted by molar-refractivity contribution is 9.10. The molecule has 104 valence electrons. The van der Waals surface area contributed by atoms with Crippen molar-refractivity contribution in [2.24, 2.45) is 0 Å². The lowest BCUT2D eigenvalue weighted by Crippen LogP contribution is -2.08. The number of phenols is 1. The number of nitrogens with one attached hydrogen (secondary N) is 1. The van der Waals surface area contributed by atoms with E-state index in [1.165, 1.54) is 16.8 Å². The Bertz CT molecular complexity index is 639. The van der Waals surface area contributed by atoms with Crippen LogP contribution in [0.3, 0.4) is 0 Å². The van der Waals surface area contributed by atoms with Crippen molar-refractivity contribution in [2.75, 3.05) is 5.32 Å². The van der Waals surface area contributed by atoms with Crippen molar-refractivity contribution in [3.05, 3.63) is 57.6 Å². The van der Waals surface area contributed by atoms with E-state index >= 15 is 0 Å². The minimum absolute atomic E-state index is 0.295. The van der Waals surface area contributed by atoms with Gasteiger partial charge in [-0.3, -0.25) is 0 Å². The van der Waals surface area contributed by atoms with Crippen LogP contribution in [0.4, 0.5) is 5.69 Å². The number of halogens is 1. The van der Waals surface area contributed by atoms with Crippen LogP contribution in [-0.4, -0.2) is 5.11 Å². The molecule has 0 radical (unpaired) electrons. The zero-order valence-corrected chi connectivity index (χ0v) is 13.1. The number of fused-ring (bicyclic) bond motifs is 1. The topological polar surface area (TPSA) is 32.3 Å². The highest BCUT2D eigenvalue weighted by Gasteiger charge is 2.24. The summed E-state index contributed by atoms with van der Waals surface area (Å²) in [5.74, 6) is 0.429. The van der Waals surface area contributed by atoms with Crippen molar-refractivity contribution in [3.8, 4) is 5.75 Å². The SMILES string of the molecule is CCc1cc(Br)ccc1NC1CCc2c(O)cccc21. The Balaban J connectivity index is 1.89. The highest BCUT2D eigenvalue weighted by atomic mass is 79.9. The first-order chi connectivity index (χ1) is 9.69. The van der Waals surface area contributed by atoms with Crippen LogP contribution < -0.4 is 5.32 Å². The molecule has 1 aliphatic carbocycles. The van der Waals surface area contributed by atoms with Gasteiger partial charge in [0.05, 0.1) is 6.04 Å². The number of aryl methyl sites for hydroxylation is 1. The number of rotatable bonds is 3. The van der Waals surface area contributed by atoms with Gasteiger partial charge in [-0.2, -0.15) is 0 Å². The third-order valence-electron chi connectivity index (χ3n) is 4.02. The predicted molar refractivity (Wildman–Crippen MR) is 86.3 cm³/mol. The molecule has 0 aromatic heterocycles. The summed E-state index contributed by atoms with van der Waals surface area (Å²) in [5, 5.41) is 13.6. The number of aromatic hydroxyl groups is 1. The molecule has 2 aromatic rings. The van der Waals surface area contributed by atoms with E-state index in [-0.39, 0.29) is 0 Å². The quantitative estimate of drug-likeness (QED) is 0.845. The van der Waals surface area contributed by atoms with Gasteiger partial charge in [-0.25, -0.2) is 0 Å². The summed E-state index contributed by atoms with van der Waals surface area (Å²) in [6.45, 7) is 2.17. The van der Waals surface area contributed by atoms with Gasteiger partial charge < -0.3 is 10.4 Å². The Morgan fingerprint density at radius 2 is 2.15 bits per heavy atom. The minimum atomic E-state index is 0.295. The average Bonchev–Trinajstić information content (AvgIpc) is 2.85. The summed E-state index contributed by atoms with van der Waals surface area (Å²) >= 11 is 3.52. The van der Waals surface area contributed by atoms with Gasteiger partial charge in [0.2, 0.25) is 0 Å². The van der Waals surface area contributed by atoms with Gasteiger partial charge in [0.25, 0.3) is 0 Å². The Hall–Kier alpha value is -1.48. The maximum absolute atomic E-state index is 9.92. The van der Waals surface area contributed by atoms with E-state index in [0.29, 0.717) is 11.8 Å². The molecule has 0 bridgehead atoms. The number of hydrogen-bond donors (Lipinski definition) is 2. The first-order valence-corrected chi connectivity index (χ1v) is 7.84. The maximum atomic E-state index is 9.92. The molecule has 0 spiro atoms. The van der Waals surface area contributed by atoms with Gasteiger partial charge in [-0.15, -0.1) is 0 Å². The third kappa shape index (κ3) is 2.42. The molecule has 1 atom stereocenters. The van der Waals surface area contributed by atoms with Crippen LogP contribution in [0.2, 0.25) is 0 Å². The van der Waals surface area contributed by atoms with Crippen molar-refractivity contribution in [3.63, 3.8) is 0 Å². The fraction of sp³-hybridized carbons (Fsp3) is 0.294. The van der Waals surface area contributed by atoms with Gasteiger partial charge >= 0.3 is 0 Å². The van der Waals surface area contributed by atoms with E-state index in [1.54, 1.807) is 6.07 Å². The Morgan fingerprint density at radius 3 is 2.95 bits per heavy atom. The van der Waals surface area contributed by atoms with Gasteiger partial charge in [-0.1, -0.05) is 35.0 Å². The van der Waals surface area contributed by atoms with E-state index in [9.17, 15) is 5.11 Å². The van der Waals surface area contributed by atoms with E-state index < -0.39 is 0 Å². The maximum Gasteiger partial charge on any atom is 0.119 e. The molecule has 0 amide bonds. The number of phenolic OH excluding ortho intramolecular Hbond substituents is 1. The molecule has 2 N–H and O–H groups in total. The third-order valence-corrected chi connectivity index (χ3v) is 4.52. The fourth-order valence-electron chi connectivity index (χ4n) is 2.97. The first-order valence-electron chi connectivity index (χ1n) is 7.04. The molecule has 0 heterocycles. The van der Waals surface area contributed by atoms with Crippen LogP contribution in [0.25, 0.3) is 0 Å². The van der Waals surface area contributed by atoms with Crippen molar-refractivity contribution in [1.29, 1.82) is 0 Å². The molecule has 0 fully saturated rings. The van der Waals surface area contributed by atoms with Crippen LogP contribution >= 0.6 is 15.9 Å². The lowest BCUT2D eigenvalue weighted by atomic mass is 10.1. The van der Waals surface area contributed by atoms with E-state index in [1.807, 2.05) is 6.07 Å². The van der Waals surface area contributed by atoms with E-state index in [4.69, 9.17) is 0 Å². The van der Waals surface area contributed by atoms with Crippen LogP contribution in [0.1, 0.15) is 36.1 Å². The molecule has 3 heteroatoms.